The molecular formula is C26H25Cl2N11O3. The van der Waals surface area contributed by atoms with E-state index in [2.05, 4.69) is 46.3 Å². The maximum absolute atomic E-state index is 13.1. The Balaban J connectivity index is 1.34. The Morgan fingerprint density at radius 2 is 1.93 bits per heavy atom. The molecule has 4 N–H and O–H groups in total. The van der Waals surface area contributed by atoms with Crippen LogP contribution in [0.3, 0.4) is 0 Å². The molecule has 3 amide bonds. The molecule has 5 rings (SSSR count). The number of aromatic nitrogens is 8. The molecule has 0 aliphatic carbocycles. The van der Waals surface area contributed by atoms with Gasteiger partial charge in [0.2, 0.25) is 0 Å². The van der Waals surface area contributed by atoms with Gasteiger partial charge in [0, 0.05) is 42.5 Å². The molecule has 3 heterocycles. The number of amides is 3. The van der Waals surface area contributed by atoms with Gasteiger partial charge in [-0.3, -0.25) is 10.00 Å². The molecular weight excluding hydrogens is 585 g/mol. The quantitative estimate of drug-likeness (QED) is 0.194. The lowest BCUT2D eigenvalue weighted by Crippen LogP contribution is -2.39. The van der Waals surface area contributed by atoms with Crippen LogP contribution in [-0.2, 0) is 24.8 Å². The Bertz CT molecular complexity index is 1680. The minimum atomic E-state index is -0.607. The van der Waals surface area contributed by atoms with Crippen molar-refractivity contribution in [3.63, 3.8) is 0 Å². The van der Waals surface area contributed by atoms with Gasteiger partial charge in [-0.1, -0.05) is 35.3 Å². The van der Waals surface area contributed by atoms with Crippen molar-refractivity contribution in [2.24, 2.45) is 7.05 Å². The molecule has 0 spiro atoms. The summed E-state index contributed by atoms with van der Waals surface area (Å²) in [6.45, 7) is 0.147. The van der Waals surface area contributed by atoms with Crippen molar-refractivity contribution in [1.82, 2.24) is 50.6 Å². The van der Waals surface area contributed by atoms with Crippen molar-refractivity contribution in [2.45, 2.75) is 19.0 Å². The summed E-state index contributed by atoms with van der Waals surface area (Å²) < 4.78 is 7.78. The van der Waals surface area contributed by atoms with Gasteiger partial charge in [-0.15, -0.1) is 5.10 Å². The van der Waals surface area contributed by atoms with E-state index in [1.165, 1.54) is 18.1 Å². The minimum absolute atomic E-state index is 0.147. The number of halogens is 2. The van der Waals surface area contributed by atoms with Crippen LogP contribution in [0.4, 0.5) is 15.3 Å². The van der Waals surface area contributed by atoms with E-state index in [1.807, 2.05) is 19.3 Å². The normalized spacial score (nSPS) is 11.6. The number of urea groups is 1. The van der Waals surface area contributed by atoms with E-state index in [0.29, 0.717) is 45.5 Å². The van der Waals surface area contributed by atoms with Gasteiger partial charge in [-0.2, -0.15) is 5.10 Å². The largest absolute Gasteiger partial charge is 0.453 e. The Hall–Kier alpha value is -4.95. The average Bonchev–Trinajstić information content (AvgIpc) is 3.74. The molecule has 0 aliphatic heterocycles. The maximum Gasteiger partial charge on any atom is 0.411 e. The molecule has 5 aromatic rings. The number of imidazole rings is 1. The summed E-state index contributed by atoms with van der Waals surface area (Å²) >= 11 is 12.8. The van der Waals surface area contributed by atoms with Crippen LogP contribution in [-0.4, -0.2) is 59.2 Å². The van der Waals surface area contributed by atoms with Gasteiger partial charge in [0.25, 0.3) is 0 Å². The average molecular weight is 610 g/mol. The number of rotatable bonds is 9. The highest BCUT2D eigenvalue weighted by atomic mass is 35.5. The lowest BCUT2D eigenvalue weighted by Gasteiger charge is -2.17. The highest BCUT2D eigenvalue weighted by Crippen LogP contribution is 2.29. The van der Waals surface area contributed by atoms with Crippen molar-refractivity contribution in [3.05, 3.63) is 88.3 Å². The molecule has 2 aromatic carbocycles. The number of methoxy groups -OCH3 is 1. The molecule has 0 saturated carbocycles. The zero-order valence-electron chi connectivity index (χ0n) is 22.4. The van der Waals surface area contributed by atoms with Gasteiger partial charge in [0.1, 0.15) is 23.0 Å². The number of carbonyl (C=O) groups excluding carboxylic acids is 2. The number of nitrogens with zero attached hydrogens (tertiary/aromatic N) is 7. The van der Waals surface area contributed by atoms with E-state index in [0.717, 1.165) is 5.69 Å². The van der Waals surface area contributed by atoms with Gasteiger partial charge in [0.05, 0.1) is 24.5 Å². The number of ether oxygens (including phenoxy) is 1. The molecule has 0 radical (unpaired) electrons. The molecule has 216 valence electrons. The van der Waals surface area contributed by atoms with Gasteiger partial charge in [-0.25, -0.2) is 19.3 Å². The first-order valence-electron chi connectivity index (χ1n) is 12.5. The van der Waals surface area contributed by atoms with Crippen LogP contribution in [0.1, 0.15) is 23.1 Å². The smallest absolute Gasteiger partial charge is 0.411 e. The summed E-state index contributed by atoms with van der Waals surface area (Å²) in [5.74, 6) is 0.435. The number of H-pyrrole nitrogens is 1. The standard InChI is InChI=1S/C26H25Cl2N11O3/c1-38-10-9-19(35-38)12-20(24-33-22(23(28)34-24)15-3-6-18(7-4-15)31-26(41)42-2)32-25(40)29-13-16-11-17(27)5-8-21(16)39-14-30-36-37-39/h3-11,14,20H,12-13H2,1-2H3,(H,31,41)(H,33,34)(H2,29,32,40)/t20-/m0/s1. The fraction of sp³-hybridized carbons (Fsp3) is 0.192. The first-order valence-corrected chi connectivity index (χ1v) is 13.3. The lowest BCUT2D eigenvalue weighted by atomic mass is 10.1. The van der Waals surface area contributed by atoms with Crippen LogP contribution >= 0.6 is 23.2 Å². The number of benzene rings is 2. The second kappa shape index (κ2) is 12.7. The lowest BCUT2D eigenvalue weighted by molar-refractivity contribution is 0.187. The zero-order valence-corrected chi connectivity index (χ0v) is 23.9. The predicted octanol–water partition coefficient (Wildman–Crippen LogP) is 4.05. The molecule has 0 fully saturated rings. The summed E-state index contributed by atoms with van der Waals surface area (Å²) in [5, 5.41) is 24.9. The van der Waals surface area contributed by atoms with Gasteiger partial charge >= 0.3 is 12.1 Å². The van der Waals surface area contributed by atoms with Gasteiger partial charge in [-0.05, 0) is 52.4 Å². The molecule has 0 bridgehead atoms. The number of carbonyl (C=O) groups is 2. The summed E-state index contributed by atoms with van der Waals surface area (Å²) in [7, 11) is 3.10. The van der Waals surface area contributed by atoms with E-state index < -0.39 is 18.2 Å². The van der Waals surface area contributed by atoms with Crippen molar-refractivity contribution < 1.29 is 14.3 Å². The molecule has 16 heteroatoms. The van der Waals surface area contributed by atoms with Crippen molar-refractivity contribution >= 4 is 41.0 Å². The Kier molecular flexibility index (Phi) is 8.64. The van der Waals surface area contributed by atoms with Crippen LogP contribution in [0, 0.1) is 0 Å². The first-order chi connectivity index (χ1) is 20.3. The summed E-state index contributed by atoms with van der Waals surface area (Å²) in [4.78, 5) is 32.4. The number of hydrogen-bond acceptors (Lipinski definition) is 8. The van der Waals surface area contributed by atoms with Crippen LogP contribution in [0.25, 0.3) is 16.9 Å². The Labute approximate surface area is 249 Å². The van der Waals surface area contributed by atoms with Crippen molar-refractivity contribution in [3.8, 4) is 16.9 Å². The number of aromatic amines is 1. The van der Waals surface area contributed by atoms with Crippen LogP contribution in [0.5, 0.6) is 0 Å². The zero-order chi connectivity index (χ0) is 29.6. The minimum Gasteiger partial charge on any atom is -0.453 e. The number of anilines is 1. The van der Waals surface area contributed by atoms with Crippen LogP contribution < -0.4 is 16.0 Å². The highest BCUT2D eigenvalue weighted by molar-refractivity contribution is 6.32. The van der Waals surface area contributed by atoms with E-state index in [1.54, 1.807) is 47.1 Å². The van der Waals surface area contributed by atoms with Crippen LogP contribution in [0.15, 0.2) is 61.1 Å². The van der Waals surface area contributed by atoms with Crippen molar-refractivity contribution in [1.29, 1.82) is 0 Å². The monoisotopic (exact) mass is 609 g/mol. The number of nitrogens with one attached hydrogen (secondary N) is 4. The maximum atomic E-state index is 13.1. The van der Waals surface area contributed by atoms with Crippen LogP contribution in [0.2, 0.25) is 10.2 Å². The number of aryl methyl sites for hydroxylation is 1. The fourth-order valence-corrected chi connectivity index (χ4v) is 4.62. The Morgan fingerprint density at radius 1 is 1.12 bits per heavy atom. The number of tetrazole rings is 1. The predicted molar refractivity (Wildman–Crippen MR) is 154 cm³/mol. The topological polar surface area (TPSA) is 170 Å². The molecule has 3 aromatic heterocycles. The van der Waals surface area contributed by atoms with E-state index in [-0.39, 0.29) is 11.7 Å². The SMILES string of the molecule is COC(=O)Nc1ccc(-c2nc([C@H](Cc3ccn(C)n3)NC(=O)NCc3cc(Cl)ccc3-n3cnnn3)[nH]c2Cl)cc1. The third kappa shape index (κ3) is 6.85. The van der Waals surface area contributed by atoms with E-state index >= 15 is 0 Å². The fourth-order valence-electron chi connectivity index (χ4n) is 4.18. The second-order valence-corrected chi connectivity index (χ2v) is 9.88. The molecule has 0 aliphatic rings. The molecule has 0 saturated heterocycles. The van der Waals surface area contributed by atoms with Gasteiger partial charge < -0.3 is 20.4 Å². The Morgan fingerprint density at radius 3 is 2.62 bits per heavy atom. The summed E-state index contributed by atoms with van der Waals surface area (Å²) in [6.07, 6.45) is 3.03. The van der Waals surface area contributed by atoms with E-state index in [9.17, 15) is 9.59 Å². The van der Waals surface area contributed by atoms with Gasteiger partial charge in [0.15, 0.2) is 0 Å². The first kappa shape index (κ1) is 28.6. The number of hydrogen-bond donors (Lipinski definition) is 4. The highest BCUT2D eigenvalue weighted by Gasteiger charge is 2.23. The van der Waals surface area contributed by atoms with Crippen molar-refractivity contribution in [2.75, 3.05) is 12.4 Å². The molecule has 42 heavy (non-hydrogen) atoms. The molecule has 1 atom stereocenters. The third-order valence-corrected chi connectivity index (χ3v) is 6.67. The molecule has 14 nitrogen and oxygen atoms in total. The third-order valence-electron chi connectivity index (χ3n) is 6.16. The second-order valence-electron chi connectivity index (χ2n) is 9.07. The molecule has 0 unspecified atom stereocenters. The van der Waals surface area contributed by atoms with E-state index in [4.69, 9.17) is 28.2 Å². The summed E-state index contributed by atoms with van der Waals surface area (Å²) in [5.41, 5.74) is 3.85. The summed E-state index contributed by atoms with van der Waals surface area (Å²) in [6, 6.07) is 12.9.